The molecule has 1 aliphatic carbocycles. The van der Waals surface area contributed by atoms with Crippen molar-refractivity contribution >= 4 is 0 Å². The Morgan fingerprint density at radius 2 is 1.75 bits per heavy atom. The van der Waals surface area contributed by atoms with E-state index in [2.05, 4.69) is 0 Å². The number of halogens is 5. The molecule has 0 saturated heterocycles. The van der Waals surface area contributed by atoms with Crippen molar-refractivity contribution < 1.29 is 27.1 Å². The minimum Gasteiger partial charge on any atom is -0.388 e. The molecule has 0 spiro atoms. The molecule has 112 valence electrons. The molecule has 0 aliphatic heterocycles. The van der Waals surface area contributed by atoms with E-state index in [1.807, 2.05) is 0 Å². The SMILES string of the molecule is OC(c1cccc(F)c1F)C1CCCCC1C(F)(F)F. The lowest BCUT2D eigenvalue weighted by molar-refractivity contribution is -0.207. The first-order valence-corrected chi connectivity index (χ1v) is 6.51. The molecule has 1 N–H and O–H groups in total. The average Bonchev–Trinajstić information content (AvgIpc) is 2.40. The highest BCUT2D eigenvalue weighted by atomic mass is 19.4. The smallest absolute Gasteiger partial charge is 0.388 e. The van der Waals surface area contributed by atoms with E-state index in [4.69, 9.17) is 0 Å². The van der Waals surface area contributed by atoms with E-state index in [-0.39, 0.29) is 12.8 Å². The third-order valence-electron chi connectivity index (χ3n) is 3.95. The van der Waals surface area contributed by atoms with Gasteiger partial charge in [0.25, 0.3) is 0 Å². The van der Waals surface area contributed by atoms with Crippen LogP contribution in [0.2, 0.25) is 0 Å². The van der Waals surface area contributed by atoms with E-state index in [0.717, 1.165) is 12.1 Å². The van der Waals surface area contributed by atoms with Crippen molar-refractivity contribution in [3.8, 4) is 0 Å². The van der Waals surface area contributed by atoms with Crippen LogP contribution < -0.4 is 0 Å². The average molecular weight is 294 g/mol. The van der Waals surface area contributed by atoms with Crippen LogP contribution >= 0.6 is 0 Å². The van der Waals surface area contributed by atoms with Gasteiger partial charge in [-0.15, -0.1) is 0 Å². The third kappa shape index (κ3) is 2.95. The number of aliphatic hydroxyl groups excluding tert-OH is 1. The lowest BCUT2D eigenvalue weighted by Gasteiger charge is -2.36. The number of aliphatic hydroxyl groups is 1. The van der Waals surface area contributed by atoms with Gasteiger partial charge >= 0.3 is 6.18 Å². The lowest BCUT2D eigenvalue weighted by Crippen LogP contribution is -2.36. The molecule has 6 heteroatoms. The molecule has 1 aromatic carbocycles. The molecule has 0 radical (unpaired) electrons. The van der Waals surface area contributed by atoms with E-state index in [0.29, 0.717) is 12.8 Å². The minimum absolute atomic E-state index is 0.0812. The molecule has 3 unspecified atom stereocenters. The van der Waals surface area contributed by atoms with Gasteiger partial charge in [-0.2, -0.15) is 13.2 Å². The summed E-state index contributed by atoms with van der Waals surface area (Å²) in [4.78, 5) is 0. The molecule has 3 atom stereocenters. The molecule has 2 rings (SSSR count). The summed E-state index contributed by atoms with van der Waals surface area (Å²) >= 11 is 0. The van der Waals surface area contributed by atoms with Gasteiger partial charge in [-0.1, -0.05) is 25.0 Å². The molecule has 1 aromatic rings. The highest BCUT2D eigenvalue weighted by molar-refractivity contribution is 5.22. The van der Waals surface area contributed by atoms with Gasteiger partial charge in [-0.05, 0) is 18.9 Å². The van der Waals surface area contributed by atoms with Crippen LogP contribution in [0.15, 0.2) is 18.2 Å². The van der Waals surface area contributed by atoms with Crippen molar-refractivity contribution in [2.45, 2.75) is 38.0 Å². The molecular weight excluding hydrogens is 279 g/mol. The molecule has 1 fully saturated rings. The summed E-state index contributed by atoms with van der Waals surface area (Å²) in [6, 6.07) is 3.18. The van der Waals surface area contributed by atoms with Crippen LogP contribution in [0.5, 0.6) is 0 Å². The van der Waals surface area contributed by atoms with Crippen LogP contribution in [0.25, 0.3) is 0 Å². The van der Waals surface area contributed by atoms with Crippen LogP contribution in [0, 0.1) is 23.5 Å². The zero-order valence-corrected chi connectivity index (χ0v) is 10.6. The summed E-state index contributed by atoms with van der Waals surface area (Å²) in [7, 11) is 0. The van der Waals surface area contributed by atoms with Crippen LogP contribution in [0.3, 0.4) is 0 Å². The number of rotatable bonds is 2. The molecule has 1 nitrogen and oxygen atoms in total. The second kappa shape index (κ2) is 5.68. The summed E-state index contributed by atoms with van der Waals surface area (Å²) in [5.41, 5.74) is -0.397. The predicted molar refractivity (Wildman–Crippen MR) is 62.8 cm³/mol. The van der Waals surface area contributed by atoms with Gasteiger partial charge in [0.05, 0.1) is 12.0 Å². The Bertz CT molecular complexity index is 471. The fraction of sp³-hybridized carbons (Fsp3) is 0.571. The van der Waals surface area contributed by atoms with E-state index in [1.54, 1.807) is 0 Å². The fourth-order valence-corrected chi connectivity index (χ4v) is 2.92. The molecule has 0 heterocycles. The first-order chi connectivity index (χ1) is 9.32. The van der Waals surface area contributed by atoms with Crippen molar-refractivity contribution in [1.29, 1.82) is 0 Å². The molecule has 0 amide bonds. The van der Waals surface area contributed by atoms with Gasteiger partial charge in [-0.25, -0.2) is 8.78 Å². The van der Waals surface area contributed by atoms with Crippen molar-refractivity contribution in [2.24, 2.45) is 11.8 Å². The van der Waals surface area contributed by atoms with Crippen molar-refractivity contribution in [1.82, 2.24) is 0 Å². The van der Waals surface area contributed by atoms with E-state index in [9.17, 15) is 27.1 Å². The Balaban J connectivity index is 2.30. The maximum absolute atomic E-state index is 13.6. The number of alkyl halides is 3. The Morgan fingerprint density at radius 1 is 1.10 bits per heavy atom. The van der Waals surface area contributed by atoms with Crippen molar-refractivity contribution in [3.05, 3.63) is 35.4 Å². The highest BCUT2D eigenvalue weighted by Gasteiger charge is 2.48. The first-order valence-electron chi connectivity index (χ1n) is 6.51. The van der Waals surface area contributed by atoms with E-state index in [1.165, 1.54) is 6.07 Å². The molecule has 0 bridgehead atoms. The summed E-state index contributed by atoms with van der Waals surface area (Å²) in [5, 5.41) is 10.1. The molecule has 1 saturated carbocycles. The van der Waals surface area contributed by atoms with Gasteiger partial charge < -0.3 is 5.11 Å². The quantitative estimate of drug-likeness (QED) is 0.803. The Hall–Kier alpha value is -1.17. The molecular formula is C14H15F5O. The van der Waals surface area contributed by atoms with Crippen LogP contribution in [-0.4, -0.2) is 11.3 Å². The topological polar surface area (TPSA) is 20.2 Å². The number of hydrogen-bond donors (Lipinski definition) is 1. The van der Waals surface area contributed by atoms with Crippen molar-refractivity contribution in [2.75, 3.05) is 0 Å². The Kier molecular flexibility index (Phi) is 4.32. The Labute approximate surface area is 113 Å². The number of hydrogen-bond acceptors (Lipinski definition) is 1. The summed E-state index contributed by atoms with van der Waals surface area (Å²) < 4.78 is 65.6. The first kappa shape index (κ1) is 15.2. The summed E-state index contributed by atoms with van der Waals surface area (Å²) in [6.45, 7) is 0. The highest BCUT2D eigenvalue weighted by Crippen LogP contribution is 2.46. The van der Waals surface area contributed by atoms with Gasteiger partial charge in [0.2, 0.25) is 0 Å². The maximum atomic E-state index is 13.6. The Morgan fingerprint density at radius 3 is 2.40 bits per heavy atom. The third-order valence-corrected chi connectivity index (χ3v) is 3.95. The maximum Gasteiger partial charge on any atom is 0.392 e. The van der Waals surface area contributed by atoms with Gasteiger partial charge in [0.15, 0.2) is 11.6 Å². The van der Waals surface area contributed by atoms with Gasteiger partial charge in [0.1, 0.15) is 0 Å². The summed E-state index contributed by atoms with van der Waals surface area (Å²) in [6.07, 6.45) is -5.03. The normalized spacial score (nSPS) is 25.5. The second-order valence-corrected chi connectivity index (χ2v) is 5.18. The minimum atomic E-state index is -4.43. The van der Waals surface area contributed by atoms with E-state index >= 15 is 0 Å². The molecule has 0 aromatic heterocycles. The van der Waals surface area contributed by atoms with Gasteiger partial charge in [-0.3, -0.25) is 0 Å². The van der Waals surface area contributed by atoms with Crippen LogP contribution in [0.4, 0.5) is 22.0 Å². The van der Waals surface area contributed by atoms with Gasteiger partial charge in [0, 0.05) is 11.5 Å². The van der Waals surface area contributed by atoms with Crippen LogP contribution in [0.1, 0.15) is 37.4 Å². The zero-order valence-electron chi connectivity index (χ0n) is 10.6. The second-order valence-electron chi connectivity index (χ2n) is 5.18. The monoisotopic (exact) mass is 294 g/mol. The largest absolute Gasteiger partial charge is 0.392 e. The summed E-state index contributed by atoms with van der Waals surface area (Å²) in [5.74, 6) is -5.23. The standard InChI is InChI=1S/C14H15F5O/c15-11-7-3-5-9(12(11)16)13(20)8-4-1-2-6-10(8)14(17,18)19/h3,5,7-8,10,13,20H,1-2,4,6H2. The predicted octanol–water partition coefficient (Wildman–Crippen LogP) is 4.37. The van der Waals surface area contributed by atoms with Crippen molar-refractivity contribution in [3.63, 3.8) is 0 Å². The number of benzene rings is 1. The zero-order chi connectivity index (χ0) is 14.9. The lowest BCUT2D eigenvalue weighted by atomic mass is 9.74. The van der Waals surface area contributed by atoms with Crippen LogP contribution in [-0.2, 0) is 0 Å². The van der Waals surface area contributed by atoms with E-state index < -0.39 is 41.3 Å². The fourth-order valence-electron chi connectivity index (χ4n) is 2.92. The molecule has 1 aliphatic rings. The molecule has 20 heavy (non-hydrogen) atoms.